The Morgan fingerprint density at radius 3 is 2.92 bits per heavy atom. The molecule has 0 spiro atoms. The lowest BCUT2D eigenvalue weighted by molar-refractivity contribution is -0.135. The molecule has 4 heteroatoms. The number of carbonyl (C=O) groups is 1. The topological polar surface area (TPSA) is 38.3 Å². The van der Waals surface area contributed by atoms with Crippen molar-refractivity contribution in [3.63, 3.8) is 0 Å². The van der Waals surface area contributed by atoms with Gasteiger partial charge >= 0.3 is 0 Å². The molecule has 1 heterocycles. The molecule has 1 fully saturated rings. The second-order valence-electron chi connectivity index (χ2n) is 3.09. The Morgan fingerprint density at radius 1 is 1.62 bits per heavy atom. The van der Waals surface area contributed by atoms with Gasteiger partial charge in [0.25, 0.3) is 0 Å². The molecule has 1 saturated heterocycles. The summed E-state index contributed by atoms with van der Waals surface area (Å²) in [5.74, 6) is -0.0275. The van der Waals surface area contributed by atoms with Gasteiger partial charge in [0.15, 0.2) is 0 Å². The summed E-state index contributed by atoms with van der Waals surface area (Å²) in [5.41, 5.74) is 0. The van der Waals surface area contributed by atoms with Crippen molar-refractivity contribution in [1.82, 2.24) is 5.32 Å². The molecular formula is C9H14BrNO2. The lowest BCUT2D eigenvalue weighted by atomic mass is 10.1. The van der Waals surface area contributed by atoms with Crippen LogP contribution in [0.15, 0.2) is 11.1 Å². The molecule has 1 amide bonds. The fraction of sp³-hybridized carbons (Fsp3) is 0.667. The van der Waals surface area contributed by atoms with Gasteiger partial charge < -0.3 is 10.1 Å². The molecule has 0 aromatic carbocycles. The molecule has 0 saturated carbocycles. The quantitative estimate of drug-likeness (QED) is 0.823. The van der Waals surface area contributed by atoms with Crippen LogP contribution in [0.1, 0.15) is 19.3 Å². The van der Waals surface area contributed by atoms with Gasteiger partial charge in [-0.3, -0.25) is 4.79 Å². The molecule has 13 heavy (non-hydrogen) atoms. The van der Waals surface area contributed by atoms with Crippen LogP contribution in [0, 0.1) is 0 Å². The highest BCUT2D eigenvalue weighted by Crippen LogP contribution is 2.12. The van der Waals surface area contributed by atoms with Gasteiger partial charge in [-0.15, -0.1) is 0 Å². The second-order valence-corrected chi connectivity index (χ2v) is 4.21. The Hall–Kier alpha value is -0.350. The summed E-state index contributed by atoms with van der Waals surface area (Å²) in [6.07, 6.45) is 2.73. The van der Waals surface area contributed by atoms with Crippen LogP contribution in [0.2, 0.25) is 0 Å². The van der Waals surface area contributed by atoms with Crippen LogP contribution in [0.3, 0.4) is 0 Å². The van der Waals surface area contributed by atoms with Crippen molar-refractivity contribution in [3.05, 3.63) is 11.1 Å². The van der Waals surface area contributed by atoms with Gasteiger partial charge in [0.05, 0.1) is 0 Å². The van der Waals surface area contributed by atoms with E-state index in [2.05, 4.69) is 27.8 Å². The minimum absolute atomic E-state index is 0.0275. The number of hydrogen-bond acceptors (Lipinski definition) is 2. The van der Waals surface area contributed by atoms with Gasteiger partial charge in [0, 0.05) is 17.6 Å². The zero-order valence-electron chi connectivity index (χ0n) is 7.51. The van der Waals surface area contributed by atoms with Crippen molar-refractivity contribution < 1.29 is 9.53 Å². The molecule has 1 rings (SSSR count). The Bertz CT molecular complexity index is 200. The molecule has 1 N–H and O–H groups in total. The molecule has 3 nitrogen and oxygen atoms in total. The molecule has 0 aliphatic carbocycles. The smallest absolute Gasteiger partial charge is 0.249 e. The average molecular weight is 248 g/mol. The van der Waals surface area contributed by atoms with Crippen LogP contribution < -0.4 is 5.32 Å². The van der Waals surface area contributed by atoms with E-state index in [0.717, 1.165) is 23.7 Å². The van der Waals surface area contributed by atoms with E-state index in [-0.39, 0.29) is 12.0 Å². The van der Waals surface area contributed by atoms with Crippen molar-refractivity contribution >= 4 is 21.8 Å². The highest BCUT2D eigenvalue weighted by Gasteiger charge is 2.21. The summed E-state index contributed by atoms with van der Waals surface area (Å²) < 4.78 is 6.09. The predicted molar refractivity (Wildman–Crippen MR) is 54.7 cm³/mol. The highest BCUT2D eigenvalue weighted by molar-refractivity contribution is 9.11. The van der Waals surface area contributed by atoms with Crippen LogP contribution >= 0.6 is 15.9 Å². The van der Waals surface area contributed by atoms with Crippen LogP contribution in [0.5, 0.6) is 0 Å². The maximum Gasteiger partial charge on any atom is 0.249 e. The van der Waals surface area contributed by atoms with Gasteiger partial charge in [0.1, 0.15) is 6.10 Å². The number of carbonyl (C=O) groups excluding carboxylic acids is 1. The van der Waals surface area contributed by atoms with Gasteiger partial charge in [-0.2, -0.15) is 0 Å². The number of rotatable bonds is 3. The standard InChI is InChI=1S/C9H14BrNO2/c1-7(10)6-11-9(12)8-4-2-3-5-13-8/h8H,1-6H2,(H,11,12). The van der Waals surface area contributed by atoms with Crippen LogP contribution in [0.4, 0.5) is 0 Å². The highest BCUT2D eigenvalue weighted by atomic mass is 79.9. The molecular weight excluding hydrogens is 234 g/mol. The maximum absolute atomic E-state index is 11.4. The molecule has 0 aromatic rings. The van der Waals surface area contributed by atoms with Crippen molar-refractivity contribution in [2.75, 3.05) is 13.2 Å². The van der Waals surface area contributed by atoms with Crippen LogP contribution in [0.25, 0.3) is 0 Å². The fourth-order valence-electron chi connectivity index (χ4n) is 1.24. The third-order valence-electron chi connectivity index (χ3n) is 1.93. The SMILES string of the molecule is C=C(Br)CNC(=O)C1CCCCO1. The van der Waals surface area contributed by atoms with E-state index in [4.69, 9.17) is 4.74 Å². The minimum atomic E-state index is -0.249. The van der Waals surface area contributed by atoms with Crippen molar-refractivity contribution in [2.45, 2.75) is 25.4 Å². The van der Waals surface area contributed by atoms with Gasteiger partial charge in [0.2, 0.25) is 5.91 Å². The molecule has 1 atom stereocenters. The fourth-order valence-corrected chi connectivity index (χ4v) is 1.38. The van der Waals surface area contributed by atoms with E-state index >= 15 is 0 Å². The number of hydrogen-bond donors (Lipinski definition) is 1. The third kappa shape index (κ3) is 3.91. The summed E-state index contributed by atoms with van der Waals surface area (Å²) in [4.78, 5) is 11.4. The van der Waals surface area contributed by atoms with E-state index in [1.165, 1.54) is 0 Å². The summed E-state index contributed by atoms with van der Waals surface area (Å²) in [5, 5.41) is 2.74. The maximum atomic E-state index is 11.4. The predicted octanol–water partition coefficient (Wildman–Crippen LogP) is 1.58. The molecule has 1 aliphatic heterocycles. The first-order valence-electron chi connectivity index (χ1n) is 4.43. The number of amides is 1. The van der Waals surface area contributed by atoms with Crippen molar-refractivity contribution in [1.29, 1.82) is 0 Å². The average Bonchev–Trinajstić information content (AvgIpc) is 2.15. The zero-order chi connectivity index (χ0) is 9.68. The number of ether oxygens (including phenoxy) is 1. The zero-order valence-corrected chi connectivity index (χ0v) is 9.10. The van der Waals surface area contributed by atoms with Crippen molar-refractivity contribution in [3.8, 4) is 0 Å². The Labute approximate surface area is 86.7 Å². The molecule has 1 unspecified atom stereocenters. The number of halogens is 1. The molecule has 74 valence electrons. The molecule has 0 radical (unpaired) electrons. The molecule has 0 bridgehead atoms. The van der Waals surface area contributed by atoms with Crippen molar-refractivity contribution in [2.24, 2.45) is 0 Å². The Morgan fingerprint density at radius 2 is 2.38 bits per heavy atom. The lowest BCUT2D eigenvalue weighted by Crippen LogP contribution is -2.38. The minimum Gasteiger partial charge on any atom is -0.368 e. The summed E-state index contributed by atoms with van der Waals surface area (Å²) in [7, 11) is 0. The van der Waals surface area contributed by atoms with E-state index in [1.54, 1.807) is 0 Å². The normalized spacial score (nSPS) is 22.4. The van der Waals surface area contributed by atoms with E-state index in [1.807, 2.05) is 0 Å². The first kappa shape index (κ1) is 10.7. The van der Waals surface area contributed by atoms with E-state index in [9.17, 15) is 4.79 Å². The summed E-state index contributed by atoms with van der Waals surface area (Å²) in [6.45, 7) is 4.81. The third-order valence-corrected chi connectivity index (χ3v) is 2.21. The van der Waals surface area contributed by atoms with Gasteiger partial charge in [-0.05, 0) is 19.3 Å². The number of nitrogens with one attached hydrogen (secondary N) is 1. The summed E-state index contributed by atoms with van der Waals surface area (Å²) in [6, 6.07) is 0. The largest absolute Gasteiger partial charge is 0.368 e. The van der Waals surface area contributed by atoms with E-state index < -0.39 is 0 Å². The van der Waals surface area contributed by atoms with Crippen LogP contribution in [-0.2, 0) is 9.53 Å². The van der Waals surface area contributed by atoms with E-state index in [0.29, 0.717) is 13.2 Å². The first-order valence-corrected chi connectivity index (χ1v) is 5.22. The lowest BCUT2D eigenvalue weighted by Gasteiger charge is -2.21. The second kappa shape index (κ2) is 5.40. The summed E-state index contributed by atoms with van der Waals surface area (Å²) >= 11 is 3.18. The Kier molecular flexibility index (Phi) is 4.45. The molecule has 0 aromatic heterocycles. The van der Waals surface area contributed by atoms with Gasteiger partial charge in [-0.1, -0.05) is 22.5 Å². The monoisotopic (exact) mass is 247 g/mol. The van der Waals surface area contributed by atoms with Gasteiger partial charge in [-0.25, -0.2) is 0 Å². The first-order chi connectivity index (χ1) is 6.20. The Balaban J connectivity index is 2.25. The van der Waals surface area contributed by atoms with Crippen LogP contribution in [-0.4, -0.2) is 25.2 Å². The molecule has 1 aliphatic rings.